The van der Waals surface area contributed by atoms with Gasteiger partial charge in [-0.05, 0) is 60.7 Å². The molecule has 6 rings (SSSR count). The third-order valence-corrected chi connectivity index (χ3v) is 8.18. The van der Waals surface area contributed by atoms with Gasteiger partial charge < -0.3 is 10.2 Å². The Morgan fingerprint density at radius 3 is 2.46 bits per heavy atom. The molecule has 2 saturated heterocycles. The number of benzene rings is 2. The number of nitrogens with one attached hydrogen (secondary N) is 1. The van der Waals surface area contributed by atoms with Crippen LogP contribution in [0.5, 0.6) is 0 Å². The first-order valence-electron chi connectivity index (χ1n) is 12.9. The summed E-state index contributed by atoms with van der Waals surface area (Å²) in [6.07, 6.45) is 2.87. The van der Waals surface area contributed by atoms with Crippen LogP contribution in [-0.2, 0) is 11.3 Å². The Bertz CT molecular complexity index is 1160. The summed E-state index contributed by atoms with van der Waals surface area (Å²) in [6.45, 7) is 5.65. The number of aliphatic imine (C=N–C) groups is 1. The second-order valence-electron chi connectivity index (χ2n) is 10.5. The number of carbonyl (C=O) groups excluding carboxylic acids is 1. The Hall–Kier alpha value is -2.67. The molecule has 0 bridgehead atoms. The summed E-state index contributed by atoms with van der Waals surface area (Å²) < 4.78 is 13.8. The van der Waals surface area contributed by atoms with E-state index in [9.17, 15) is 9.18 Å². The van der Waals surface area contributed by atoms with E-state index in [1.54, 1.807) is 0 Å². The number of hydrogen-bond acceptors (Lipinski definition) is 5. The van der Waals surface area contributed by atoms with Gasteiger partial charge in [-0.25, -0.2) is 4.39 Å². The number of halogens is 1. The number of likely N-dealkylation sites (N-methyl/N-ethyl adjacent to an activating group) is 1. The molecule has 0 radical (unpaired) electrons. The van der Waals surface area contributed by atoms with Gasteiger partial charge in [-0.3, -0.25) is 14.7 Å². The van der Waals surface area contributed by atoms with E-state index in [-0.39, 0.29) is 36.1 Å². The largest absolute Gasteiger partial charge is 0.304 e. The van der Waals surface area contributed by atoms with Crippen LogP contribution >= 0.6 is 0 Å². The molecule has 2 aromatic rings. The molecule has 2 aromatic carbocycles. The second kappa shape index (κ2) is 9.41. The maximum atomic E-state index is 13.8. The highest BCUT2D eigenvalue weighted by Gasteiger charge is 2.44. The zero-order valence-electron chi connectivity index (χ0n) is 20.3. The number of carbonyl (C=O) groups is 1. The van der Waals surface area contributed by atoms with Gasteiger partial charge in [-0.15, -0.1) is 0 Å². The topological polar surface area (TPSA) is 47.9 Å². The molecule has 35 heavy (non-hydrogen) atoms. The normalized spacial score (nSPS) is 27.5. The monoisotopic (exact) mass is 472 g/mol. The van der Waals surface area contributed by atoms with E-state index in [4.69, 9.17) is 4.99 Å². The molecule has 2 fully saturated rings. The fourth-order valence-electron chi connectivity index (χ4n) is 6.24. The number of rotatable bonds is 4. The van der Waals surface area contributed by atoms with Crippen LogP contribution in [0, 0.1) is 5.82 Å². The molecule has 1 aliphatic carbocycles. The molecule has 3 aliphatic heterocycles. The Morgan fingerprint density at radius 2 is 1.71 bits per heavy atom. The van der Waals surface area contributed by atoms with Gasteiger partial charge in [0.1, 0.15) is 12.4 Å². The first kappa shape index (κ1) is 22.8. The number of ketones is 1. The van der Waals surface area contributed by atoms with Gasteiger partial charge in [0.05, 0.1) is 0 Å². The van der Waals surface area contributed by atoms with Gasteiger partial charge in [-0.2, -0.15) is 0 Å². The summed E-state index contributed by atoms with van der Waals surface area (Å²) in [6, 6.07) is 16.0. The molecule has 4 aliphatic rings. The van der Waals surface area contributed by atoms with Crippen LogP contribution in [0.4, 0.5) is 4.39 Å². The molecule has 3 heterocycles. The molecule has 0 saturated carbocycles. The smallest absolute Gasteiger partial charge is 0.180 e. The van der Waals surface area contributed by atoms with E-state index in [0.29, 0.717) is 0 Å². The minimum absolute atomic E-state index is 0.0261. The van der Waals surface area contributed by atoms with Crippen molar-refractivity contribution in [2.24, 2.45) is 4.99 Å². The fourth-order valence-corrected chi connectivity index (χ4v) is 6.24. The number of Topliss-reactive ketones (excluding diaryl/α,β-unsaturated/α-hetero) is 1. The molecule has 0 aromatic heterocycles. The third kappa shape index (κ3) is 4.39. The molecule has 6 heteroatoms. The highest BCUT2D eigenvalue weighted by molar-refractivity contribution is 6.17. The predicted molar refractivity (Wildman–Crippen MR) is 136 cm³/mol. The number of piperazine rings is 1. The molecule has 0 amide bonds. The lowest BCUT2D eigenvalue weighted by molar-refractivity contribution is -0.114. The first-order valence-corrected chi connectivity index (χ1v) is 12.9. The molecule has 182 valence electrons. The number of hydrogen-bond donors (Lipinski definition) is 1. The van der Waals surface area contributed by atoms with E-state index in [0.717, 1.165) is 74.4 Å². The predicted octanol–water partition coefficient (Wildman–Crippen LogP) is 3.87. The highest BCUT2D eigenvalue weighted by Crippen LogP contribution is 2.45. The van der Waals surface area contributed by atoms with Gasteiger partial charge in [0.25, 0.3) is 0 Å². The van der Waals surface area contributed by atoms with Crippen molar-refractivity contribution in [2.75, 3.05) is 39.8 Å². The zero-order chi connectivity index (χ0) is 23.9. The van der Waals surface area contributed by atoms with E-state index in [2.05, 4.69) is 46.4 Å². The van der Waals surface area contributed by atoms with E-state index < -0.39 is 0 Å². The quantitative estimate of drug-likeness (QED) is 0.734. The molecule has 3 atom stereocenters. The first-order chi connectivity index (χ1) is 17.1. The van der Waals surface area contributed by atoms with Crippen LogP contribution in [0.1, 0.15) is 47.9 Å². The van der Waals surface area contributed by atoms with Crippen LogP contribution in [0.15, 0.2) is 64.7 Å². The van der Waals surface area contributed by atoms with Crippen LogP contribution in [0.25, 0.3) is 0 Å². The van der Waals surface area contributed by atoms with Crippen LogP contribution < -0.4 is 5.32 Å². The van der Waals surface area contributed by atoms with Crippen LogP contribution in [-0.4, -0.2) is 67.1 Å². The van der Waals surface area contributed by atoms with Crippen molar-refractivity contribution in [1.29, 1.82) is 0 Å². The standard InChI is InChI=1S/C29H33FN4O/c1-33-13-15-34(16-14-33)18-19-5-7-21(8-6-19)28-26(20-9-11-22(30)12-10-20)29-27-23(25(35)17-31-29)3-2-4-24(27)32-28/h5-12,24,26,28,32H,2-4,13-18H2,1H3. The maximum Gasteiger partial charge on any atom is 0.180 e. The molecular formula is C29H33FN4O. The van der Waals surface area contributed by atoms with Gasteiger partial charge in [0.15, 0.2) is 5.78 Å². The molecule has 5 nitrogen and oxygen atoms in total. The number of nitrogens with zero attached hydrogens (tertiary/aromatic N) is 3. The van der Waals surface area contributed by atoms with Crippen molar-refractivity contribution >= 4 is 11.5 Å². The molecular weight excluding hydrogens is 439 g/mol. The van der Waals surface area contributed by atoms with E-state index in [1.165, 1.54) is 23.3 Å². The zero-order valence-corrected chi connectivity index (χ0v) is 20.3. The summed E-state index contributed by atoms with van der Waals surface area (Å²) in [5.41, 5.74) is 6.69. The van der Waals surface area contributed by atoms with Crippen molar-refractivity contribution in [3.63, 3.8) is 0 Å². The number of dihydropyridines is 1. The van der Waals surface area contributed by atoms with Gasteiger partial charge >= 0.3 is 0 Å². The minimum Gasteiger partial charge on any atom is -0.304 e. The maximum absolute atomic E-state index is 13.8. The lowest BCUT2D eigenvalue weighted by Crippen LogP contribution is -2.51. The average Bonchev–Trinajstić information content (AvgIpc) is 2.88. The molecule has 1 N–H and O–H groups in total. The second-order valence-corrected chi connectivity index (χ2v) is 10.5. The average molecular weight is 473 g/mol. The van der Waals surface area contributed by atoms with Gasteiger partial charge in [-0.1, -0.05) is 36.4 Å². The summed E-state index contributed by atoms with van der Waals surface area (Å²) in [5.74, 6) is -0.120. The Labute approximate surface area is 206 Å². The van der Waals surface area contributed by atoms with E-state index >= 15 is 0 Å². The van der Waals surface area contributed by atoms with Crippen molar-refractivity contribution in [1.82, 2.24) is 15.1 Å². The SMILES string of the molecule is CN1CCN(Cc2ccc(C3NC4CCCC5=C4C(=NCC5=O)C3c3ccc(F)cc3)cc2)CC1. The van der Waals surface area contributed by atoms with Gasteiger partial charge in [0, 0.05) is 62.0 Å². The number of piperidine rings is 1. The third-order valence-electron chi connectivity index (χ3n) is 8.18. The van der Waals surface area contributed by atoms with Crippen molar-refractivity contribution in [3.8, 4) is 0 Å². The van der Waals surface area contributed by atoms with Crippen molar-refractivity contribution in [3.05, 3.63) is 82.2 Å². The van der Waals surface area contributed by atoms with Crippen molar-refractivity contribution < 1.29 is 9.18 Å². The Morgan fingerprint density at radius 1 is 1.00 bits per heavy atom. The van der Waals surface area contributed by atoms with Crippen molar-refractivity contribution in [2.45, 2.75) is 43.8 Å². The summed E-state index contributed by atoms with van der Waals surface area (Å²) >= 11 is 0. The lowest BCUT2D eigenvalue weighted by atomic mass is 9.69. The van der Waals surface area contributed by atoms with Crippen LogP contribution in [0.3, 0.4) is 0 Å². The Kier molecular flexibility index (Phi) is 6.13. The Balaban J connectivity index is 1.33. The van der Waals surface area contributed by atoms with Gasteiger partial charge in [0.2, 0.25) is 0 Å². The highest BCUT2D eigenvalue weighted by atomic mass is 19.1. The minimum atomic E-state index is -0.237. The summed E-state index contributed by atoms with van der Waals surface area (Å²) in [5, 5.41) is 3.89. The summed E-state index contributed by atoms with van der Waals surface area (Å²) in [7, 11) is 2.18. The molecule has 3 unspecified atom stereocenters. The van der Waals surface area contributed by atoms with Crippen LogP contribution in [0.2, 0.25) is 0 Å². The van der Waals surface area contributed by atoms with E-state index in [1.807, 2.05) is 12.1 Å². The fraction of sp³-hybridized carbons (Fsp3) is 0.448. The summed E-state index contributed by atoms with van der Waals surface area (Å²) in [4.78, 5) is 22.4. The molecule has 0 spiro atoms. The lowest BCUT2D eigenvalue weighted by Gasteiger charge is -2.45.